The Morgan fingerprint density at radius 1 is 0.850 bits per heavy atom. The monoisotopic (exact) mass is 275 g/mol. The van der Waals surface area contributed by atoms with Crippen molar-refractivity contribution in [2.75, 3.05) is 0 Å². The minimum Gasteiger partial charge on any atom is -0.197 e. The summed E-state index contributed by atoms with van der Waals surface area (Å²) in [4.78, 5) is 0. The van der Waals surface area contributed by atoms with Gasteiger partial charge in [-0.1, -0.05) is 42.5 Å². The Morgan fingerprint density at radius 2 is 1.40 bits per heavy atom. The topological polar surface area (TPSA) is 23.8 Å². The Morgan fingerprint density at radius 3 is 1.95 bits per heavy atom. The highest BCUT2D eigenvalue weighted by Crippen LogP contribution is 2.35. The van der Waals surface area contributed by atoms with E-state index in [9.17, 15) is 18.4 Å². The number of nitrogens with zero attached hydrogens (tertiary/aromatic N) is 1. The summed E-state index contributed by atoms with van der Waals surface area (Å²) >= 11 is 0. The molecular formula is C16H12F3N. The summed E-state index contributed by atoms with van der Waals surface area (Å²) in [5.74, 6) is 0. The van der Waals surface area contributed by atoms with Crippen molar-refractivity contribution in [3.63, 3.8) is 0 Å². The molecule has 0 aliphatic heterocycles. The number of nitriles is 1. The van der Waals surface area contributed by atoms with E-state index in [-0.39, 0.29) is 0 Å². The van der Waals surface area contributed by atoms with Crippen LogP contribution in [0.25, 0.3) is 0 Å². The third kappa shape index (κ3) is 2.53. The van der Waals surface area contributed by atoms with E-state index in [1.807, 2.05) is 0 Å². The average Bonchev–Trinajstić information content (AvgIpc) is 2.46. The number of alkyl halides is 3. The predicted octanol–water partition coefficient (Wildman–Crippen LogP) is 4.53. The minimum absolute atomic E-state index is 0.334. The van der Waals surface area contributed by atoms with Gasteiger partial charge in [-0.15, -0.1) is 0 Å². The molecule has 2 rings (SSSR count). The van der Waals surface area contributed by atoms with Gasteiger partial charge < -0.3 is 0 Å². The summed E-state index contributed by atoms with van der Waals surface area (Å²) in [6.45, 7) is 1.62. The molecule has 0 heterocycles. The molecule has 0 aromatic heterocycles. The molecule has 0 fully saturated rings. The Hall–Kier alpha value is -2.28. The lowest BCUT2D eigenvalue weighted by Gasteiger charge is -2.23. The van der Waals surface area contributed by atoms with Crippen molar-refractivity contribution >= 4 is 0 Å². The van der Waals surface area contributed by atoms with Crippen molar-refractivity contribution in [1.29, 1.82) is 5.26 Å². The predicted molar refractivity (Wildman–Crippen MR) is 70.0 cm³/mol. The SMILES string of the molecule is CC(C#N)(c1ccccc1)c1cccc(C(F)(F)F)c1. The standard InChI is InChI=1S/C16H12F3N/c1-15(11-20,12-6-3-2-4-7-12)13-8-5-9-14(10-13)16(17,18)19/h2-10H,1H3. The fraction of sp³-hybridized carbons (Fsp3) is 0.188. The number of hydrogen-bond acceptors (Lipinski definition) is 1. The molecule has 0 N–H and O–H groups in total. The molecule has 2 aromatic carbocycles. The van der Waals surface area contributed by atoms with E-state index in [0.717, 1.165) is 12.1 Å². The van der Waals surface area contributed by atoms with E-state index in [1.54, 1.807) is 43.3 Å². The molecule has 2 aromatic rings. The second-order valence-corrected chi connectivity index (χ2v) is 4.68. The Kier molecular flexibility index (Phi) is 3.54. The van der Waals surface area contributed by atoms with Crippen LogP contribution in [-0.2, 0) is 11.6 Å². The quantitative estimate of drug-likeness (QED) is 0.789. The van der Waals surface area contributed by atoms with Crippen molar-refractivity contribution < 1.29 is 13.2 Å². The van der Waals surface area contributed by atoms with Gasteiger partial charge in [-0.3, -0.25) is 0 Å². The fourth-order valence-corrected chi connectivity index (χ4v) is 2.07. The highest BCUT2D eigenvalue weighted by atomic mass is 19.4. The van der Waals surface area contributed by atoms with Crippen molar-refractivity contribution in [3.8, 4) is 6.07 Å². The first kappa shape index (κ1) is 14.1. The normalized spacial score (nSPS) is 14.3. The molecule has 0 radical (unpaired) electrons. The summed E-state index contributed by atoms with van der Waals surface area (Å²) in [6, 6.07) is 15.8. The number of rotatable bonds is 2. The molecule has 1 unspecified atom stereocenters. The van der Waals surface area contributed by atoms with Gasteiger partial charge in [0.1, 0.15) is 5.41 Å². The maximum Gasteiger partial charge on any atom is 0.416 e. The van der Waals surface area contributed by atoms with Crippen molar-refractivity contribution in [1.82, 2.24) is 0 Å². The fourth-order valence-electron chi connectivity index (χ4n) is 2.07. The number of hydrogen-bond donors (Lipinski definition) is 0. The highest BCUT2D eigenvalue weighted by molar-refractivity contribution is 5.46. The summed E-state index contributed by atoms with van der Waals surface area (Å²) < 4.78 is 38.3. The average molecular weight is 275 g/mol. The third-order valence-electron chi connectivity index (χ3n) is 3.34. The zero-order chi connectivity index (χ0) is 14.8. The molecule has 1 nitrogen and oxygen atoms in total. The molecule has 0 saturated heterocycles. The lowest BCUT2D eigenvalue weighted by Crippen LogP contribution is -2.22. The van der Waals surface area contributed by atoms with E-state index >= 15 is 0 Å². The van der Waals surface area contributed by atoms with Gasteiger partial charge in [0.15, 0.2) is 0 Å². The molecule has 0 aliphatic rings. The van der Waals surface area contributed by atoms with Crippen LogP contribution in [0.3, 0.4) is 0 Å². The second kappa shape index (κ2) is 5.01. The highest BCUT2D eigenvalue weighted by Gasteiger charge is 2.34. The molecule has 0 aliphatic carbocycles. The molecule has 0 amide bonds. The maximum absolute atomic E-state index is 12.8. The van der Waals surface area contributed by atoms with E-state index < -0.39 is 17.2 Å². The molecule has 4 heteroatoms. The van der Waals surface area contributed by atoms with Crippen LogP contribution in [0.2, 0.25) is 0 Å². The number of halogens is 3. The Labute approximate surface area is 115 Å². The van der Waals surface area contributed by atoms with Crippen LogP contribution >= 0.6 is 0 Å². The zero-order valence-electron chi connectivity index (χ0n) is 10.8. The minimum atomic E-state index is -4.41. The molecule has 1 atom stereocenters. The maximum atomic E-state index is 12.8. The molecule has 20 heavy (non-hydrogen) atoms. The van der Waals surface area contributed by atoms with Gasteiger partial charge in [0.25, 0.3) is 0 Å². The van der Waals surface area contributed by atoms with Crippen molar-refractivity contribution in [2.24, 2.45) is 0 Å². The lowest BCUT2D eigenvalue weighted by molar-refractivity contribution is -0.137. The van der Waals surface area contributed by atoms with Gasteiger partial charge in [0.05, 0.1) is 11.6 Å². The van der Waals surface area contributed by atoms with E-state index in [4.69, 9.17) is 0 Å². The summed E-state index contributed by atoms with van der Waals surface area (Å²) in [6.07, 6.45) is -4.41. The van der Waals surface area contributed by atoms with E-state index in [0.29, 0.717) is 11.1 Å². The smallest absolute Gasteiger partial charge is 0.197 e. The van der Waals surface area contributed by atoms with E-state index in [2.05, 4.69) is 6.07 Å². The first-order valence-electron chi connectivity index (χ1n) is 6.02. The van der Waals surface area contributed by atoms with Crippen LogP contribution in [0.15, 0.2) is 54.6 Å². The molecular weight excluding hydrogens is 263 g/mol. The van der Waals surface area contributed by atoms with Crippen molar-refractivity contribution in [3.05, 3.63) is 71.3 Å². The Bertz CT molecular complexity index is 641. The molecule has 102 valence electrons. The molecule has 0 saturated carbocycles. The van der Waals surface area contributed by atoms with Gasteiger partial charge in [-0.2, -0.15) is 18.4 Å². The van der Waals surface area contributed by atoms with Crippen LogP contribution in [0, 0.1) is 11.3 Å². The second-order valence-electron chi connectivity index (χ2n) is 4.68. The van der Waals surface area contributed by atoms with Gasteiger partial charge in [0.2, 0.25) is 0 Å². The van der Waals surface area contributed by atoms with Gasteiger partial charge in [0, 0.05) is 0 Å². The summed E-state index contributed by atoms with van der Waals surface area (Å²) in [5, 5.41) is 9.45. The van der Waals surface area contributed by atoms with Gasteiger partial charge in [-0.25, -0.2) is 0 Å². The summed E-state index contributed by atoms with van der Waals surface area (Å²) in [5.41, 5.74) is -0.849. The molecule has 0 spiro atoms. The third-order valence-corrected chi connectivity index (χ3v) is 3.34. The van der Waals surface area contributed by atoms with Crippen LogP contribution in [0.1, 0.15) is 23.6 Å². The van der Waals surface area contributed by atoms with Gasteiger partial charge in [-0.05, 0) is 30.2 Å². The van der Waals surface area contributed by atoms with Crippen LogP contribution in [0.5, 0.6) is 0 Å². The van der Waals surface area contributed by atoms with Crippen LogP contribution < -0.4 is 0 Å². The van der Waals surface area contributed by atoms with Crippen molar-refractivity contribution in [2.45, 2.75) is 18.5 Å². The van der Waals surface area contributed by atoms with E-state index in [1.165, 1.54) is 6.07 Å². The molecule has 0 bridgehead atoms. The first-order valence-corrected chi connectivity index (χ1v) is 6.02. The largest absolute Gasteiger partial charge is 0.416 e. The van der Waals surface area contributed by atoms with Crippen LogP contribution in [0.4, 0.5) is 13.2 Å². The van der Waals surface area contributed by atoms with Gasteiger partial charge >= 0.3 is 6.18 Å². The zero-order valence-corrected chi connectivity index (χ0v) is 10.8. The number of benzene rings is 2. The van der Waals surface area contributed by atoms with Crippen LogP contribution in [-0.4, -0.2) is 0 Å². The first-order chi connectivity index (χ1) is 9.38. The summed E-state index contributed by atoms with van der Waals surface area (Å²) in [7, 11) is 0. The lowest BCUT2D eigenvalue weighted by atomic mass is 9.77. The Balaban J connectivity index is 2.57.